The van der Waals surface area contributed by atoms with E-state index in [2.05, 4.69) is 151 Å². The Bertz CT molecular complexity index is 3470. The number of hydrogen-bond acceptors (Lipinski definition) is 3. The fraction of sp³-hybridized carbons (Fsp3) is 0. The summed E-state index contributed by atoms with van der Waals surface area (Å²) in [5, 5.41) is 5.64. The van der Waals surface area contributed by atoms with Gasteiger partial charge in [0.25, 0.3) is 0 Å². The Morgan fingerprint density at radius 2 is 1.13 bits per heavy atom. The standard InChI is InChI=1S/C56H38N4O/c1-36(37-31-33-42(34-32-37)60-49-24-11-8-19-44(49)45-20-9-12-25-50(45)60)35-48(58-56(57)41-17-6-3-7-18-41)39-29-27-38(28-30-39)43-22-14-23-47-52-46-21-10-13-26-51(46)61-55(52)53(59-54(43)47)40-15-4-2-5-16-40/h2-35H,1H2,(H2,57,58)/b48-35-. The van der Waals surface area contributed by atoms with E-state index in [1.165, 1.54) is 21.8 Å². The number of fused-ring (bicyclic) bond motifs is 8. The minimum atomic E-state index is 0.425. The van der Waals surface area contributed by atoms with Crippen LogP contribution >= 0.6 is 0 Å². The van der Waals surface area contributed by atoms with Gasteiger partial charge >= 0.3 is 0 Å². The van der Waals surface area contributed by atoms with Gasteiger partial charge in [-0.3, -0.25) is 0 Å². The molecule has 0 aliphatic carbocycles. The van der Waals surface area contributed by atoms with E-state index in [1.807, 2.05) is 66.7 Å². The number of amidine groups is 1. The van der Waals surface area contributed by atoms with E-state index in [0.717, 1.165) is 83.2 Å². The van der Waals surface area contributed by atoms with E-state index in [4.69, 9.17) is 20.1 Å². The van der Waals surface area contributed by atoms with Crippen LogP contribution < -0.4 is 5.73 Å². The van der Waals surface area contributed by atoms with E-state index in [-0.39, 0.29) is 0 Å². The molecule has 0 radical (unpaired) electrons. The molecule has 3 aromatic heterocycles. The molecule has 288 valence electrons. The maximum atomic E-state index is 6.69. The summed E-state index contributed by atoms with van der Waals surface area (Å²) in [6.45, 7) is 4.53. The van der Waals surface area contributed by atoms with Crippen molar-refractivity contribution in [2.45, 2.75) is 0 Å². The number of hydrogen-bond donors (Lipinski definition) is 1. The number of rotatable bonds is 8. The molecular formula is C56H38N4O. The molecule has 3 heterocycles. The highest BCUT2D eigenvalue weighted by atomic mass is 16.3. The molecular weight excluding hydrogens is 745 g/mol. The van der Waals surface area contributed by atoms with Crippen LogP contribution in [0.3, 0.4) is 0 Å². The lowest BCUT2D eigenvalue weighted by Gasteiger charge is -2.12. The monoisotopic (exact) mass is 782 g/mol. The molecule has 2 N–H and O–H groups in total. The Morgan fingerprint density at radius 1 is 0.541 bits per heavy atom. The number of aliphatic imine (C=N–C) groups is 1. The van der Waals surface area contributed by atoms with Crippen LogP contribution in [-0.4, -0.2) is 15.4 Å². The normalized spacial score (nSPS) is 12.3. The topological polar surface area (TPSA) is 69.3 Å². The number of nitrogens with two attached hydrogens (primary N) is 1. The average molecular weight is 783 g/mol. The van der Waals surface area contributed by atoms with Crippen molar-refractivity contribution in [2.24, 2.45) is 10.7 Å². The van der Waals surface area contributed by atoms with Crippen LogP contribution in [0.15, 0.2) is 222 Å². The molecule has 0 unspecified atom stereocenters. The average Bonchev–Trinajstić information content (AvgIpc) is 3.88. The number of allylic oxidation sites excluding steroid dienone is 2. The number of aromatic nitrogens is 2. The van der Waals surface area contributed by atoms with Gasteiger partial charge in [-0.15, -0.1) is 0 Å². The van der Waals surface area contributed by atoms with Gasteiger partial charge < -0.3 is 14.7 Å². The Labute approximate surface area is 352 Å². The Kier molecular flexibility index (Phi) is 8.72. The van der Waals surface area contributed by atoms with Crippen LogP contribution in [0.25, 0.3) is 94.0 Å². The molecule has 0 aliphatic heterocycles. The number of nitrogens with zero attached hydrogens (tertiary/aromatic N) is 3. The Balaban J connectivity index is 0.995. The zero-order chi connectivity index (χ0) is 40.9. The second kappa shape index (κ2) is 14.8. The first-order chi connectivity index (χ1) is 30.1. The molecule has 0 atom stereocenters. The van der Waals surface area contributed by atoms with E-state index in [9.17, 15) is 0 Å². The zero-order valence-corrected chi connectivity index (χ0v) is 33.2. The molecule has 0 aliphatic rings. The fourth-order valence-electron chi connectivity index (χ4n) is 8.61. The first-order valence-corrected chi connectivity index (χ1v) is 20.4. The third-order valence-corrected chi connectivity index (χ3v) is 11.6. The second-order valence-corrected chi connectivity index (χ2v) is 15.2. The minimum Gasteiger partial charge on any atom is -0.454 e. The lowest BCUT2D eigenvalue weighted by molar-refractivity contribution is 0.669. The largest absolute Gasteiger partial charge is 0.454 e. The molecule has 5 nitrogen and oxygen atoms in total. The predicted octanol–water partition coefficient (Wildman–Crippen LogP) is 14.0. The van der Waals surface area contributed by atoms with Gasteiger partial charge in [-0.2, -0.15) is 0 Å². The summed E-state index contributed by atoms with van der Waals surface area (Å²) in [6, 6.07) is 68.9. The van der Waals surface area contributed by atoms with E-state index in [0.29, 0.717) is 11.5 Å². The van der Waals surface area contributed by atoms with Gasteiger partial charge in [0.05, 0.1) is 22.2 Å². The van der Waals surface area contributed by atoms with E-state index in [1.54, 1.807) is 0 Å². The molecule has 61 heavy (non-hydrogen) atoms. The van der Waals surface area contributed by atoms with E-state index >= 15 is 0 Å². The van der Waals surface area contributed by atoms with Gasteiger partial charge in [0.2, 0.25) is 0 Å². The Hall–Kier alpha value is -8.28. The molecule has 11 rings (SSSR count). The van der Waals surface area contributed by atoms with Gasteiger partial charge in [0.15, 0.2) is 5.58 Å². The molecule has 5 heteroatoms. The van der Waals surface area contributed by atoms with Crippen LogP contribution in [0.4, 0.5) is 0 Å². The van der Waals surface area contributed by atoms with Crippen LogP contribution in [0.5, 0.6) is 0 Å². The highest BCUT2D eigenvalue weighted by Crippen LogP contribution is 2.42. The molecule has 11 aromatic rings. The Morgan fingerprint density at radius 3 is 1.84 bits per heavy atom. The first-order valence-electron chi connectivity index (χ1n) is 20.4. The third kappa shape index (κ3) is 6.28. The van der Waals surface area contributed by atoms with Crippen molar-refractivity contribution < 1.29 is 4.42 Å². The van der Waals surface area contributed by atoms with Crippen LogP contribution in [0.1, 0.15) is 16.7 Å². The van der Waals surface area contributed by atoms with Crippen molar-refractivity contribution >= 4 is 71.8 Å². The second-order valence-electron chi connectivity index (χ2n) is 15.2. The van der Waals surface area contributed by atoms with Crippen LogP contribution in [-0.2, 0) is 0 Å². The summed E-state index contributed by atoms with van der Waals surface area (Å²) in [5.41, 5.74) is 20.8. The number of para-hydroxylation sites is 4. The van der Waals surface area contributed by atoms with Gasteiger partial charge in [-0.05, 0) is 53.1 Å². The highest BCUT2D eigenvalue weighted by Gasteiger charge is 2.20. The van der Waals surface area contributed by atoms with Crippen LogP contribution in [0, 0.1) is 0 Å². The van der Waals surface area contributed by atoms with E-state index < -0.39 is 0 Å². The summed E-state index contributed by atoms with van der Waals surface area (Å²) < 4.78 is 8.83. The molecule has 0 bridgehead atoms. The third-order valence-electron chi connectivity index (χ3n) is 11.6. The van der Waals surface area contributed by atoms with Crippen molar-refractivity contribution in [2.75, 3.05) is 0 Å². The SMILES string of the molecule is C=C(/C=C(\N=C(N)c1ccccc1)c1ccc(-c2cccc3c2nc(-c2ccccc2)c2oc4ccccc4c23)cc1)c1ccc(-n2c3ccccc3c3ccccc32)cc1. The molecule has 0 saturated heterocycles. The van der Waals surface area contributed by atoms with Gasteiger partial charge in [0, 0.05) is 54.9 Å². The van der Waals surface area contributed by atoms with Crippen molar-refractivity contribution in [3.8, 4) is 28.1 Å². The predicted molar refractivity (Wildman–Crippen MR) is 255 cm³/mol. The lowest BCUT2D eigenvalue weighted by Crippen LogP contribution is -2.13. The summed E-state index contributed by atoms with van der Waals surface area (Å²) in [6.07, 6.45) is 2.02. The number of benzene rings is 8. The van der Waals surface area contributed by atoms with Crippen molar-refractivity contribution in [1.82, 2.24) is 9.55 Å². The smallest absolute Gasteiger partial charge is 0.162 e. The summed E-state index contributed by atoms with van der Waals surface area (Å²) in [5.74, 6) is 0.425. The lowest BCUT2D eigenvalue weighted by atomic mass is 9.96. The molecule has 0 spiro atoms. The maximum absolute atomic E-state index is 6.69. The quantitative estimate of drug-likeness (QED) is 0.0948. The minimum absolute atomic E-state index is 0.425. The summed E-state index contributed by atoms with van der Waals surface area (Å²) in [7, 11) is 0. The summed E-state index contributed by atoms with van der Waals surface area (Å²) >= 11 is 0. The van der Waals surface area contributed by atoms with Crippen molar-refractivity contribution in [3.63, 3.8) is 0 Å². The summed E-state index contributed by atoms with van der Waals surface area (Å²) in [4.78, 5) is 10.4. The van der Waals surface area contributed by atoms with Gasteiger partial charge in [-0.1, -0.05) is 176 Å². The fourth-order valence-corrected chi connectivity index (χ4v) is 8.61. The van der Waals surface area contributed by atoms with Crippen LogP contribution in [0.2, 0.25) is 0 Å². The van der Waals surface area contributed by atoms with Gasteiger partial charge in [0.1, 0.15) is 17.1 Å². The maximum Gasteiger partial charge on any atom is 0.162 e. The zero-order valence-electron chi connectivity index (χ0n) is 33.2. The van der Waals surface area contributed by atoms with Crippen molar-refractivity contribution in [3.05, 3.63) is 230 Å². The number of furan rings is 1. The highest BCUT2D eigenvalue weighted by molar-refractivity contribution is 6.22. The molecule has 0 saturated carbocycles. The molecule has 0 fully saturated rings. The number of pyridine rings is 1. The first kappa shape index (κ1) is 35.8. The van der Waals surface area contributed by atoms with Crippen molar-refractivity contribution in [1.29, 1.82) is 0 Å². The van der Waals surface area contributed by atoms with Gasteiger partial charge in [-0.25, -0.2) is 9.98 Å². The molecule has 0 amide bonds. The molecule has 8 aromatic carbocycles.